The Morgan fingerprint density at radius 1 is 1.18 bits per heavy atom. The number of nitrogens with two attached hydrogens (primary N) is 1. The number of primary amides is 1. The molecule has 1 aromatic rings. The summed E-state index contributed by atoms with van der Waals surface area (Å²) in [5.74, 6) is -8.85. The second kappa shape index (κ2) is 7.52. The Balaban J connectivity index is 2.07. The van der Waals surface area contributed by atoms with Crippen molar-refractivity contribution in [2.75, 3.05) is 14.1 Å². The second-order valence-corrected chi connectivity index (χ2v) is 10.1. The maximum absolute atomic E-state index is 13.5. The first kappa shape index (κ1) is 23.7. The van der Waals surface area contributed by atoms with Crippen LogP contribution in [0, 0.1) is 15.4 Å². The Morgan fingerprint density at radius 2 is 1.79 bits per heavy atom. The Morgan fingerprint density at radius 3 is 2.33 bits per heavy atom. The van der Waals surface area contributed by atoms with Gasteiger partial charge < -0.3 is 31.3 Å². The van der Waals surface area contributed by atoms with Gasteiger partial charge >= 0.3 is 0 Å². The number of hydrogen-bond acceptors (Lipinski definition) is 9. The monoisotopic (exact) mass is 570 g/mol. The molecule has 0 saturated carbocycles. The van der Waals surface area contributed by atoms with Crippen LogP contribution in [0.15, 0.2) is 34.8 Å². The van der Waals surface area contributed by atoms with Gasteiger partial charge in [-0.1, -0.05) is 13.0 Å². The first-order valence-corrected chi connectivity index (χ1v) is 11.2. The van der Waals surface area contributed by atoms with Crippen LogP contribution in [-0.4, -0.2) is 79.7 Å². The van der Waals surface area contributed by atoms with Gasteiger partial charge in [-0.3, -0.25) is 19.3 Å². The van der Waals surface area contributed by atoms with Crippen LogP contribution in [0.3, 0.4) is 0 Å². The number of aromatic hydroxyl groups is 1. The van der Waals surface area contributed by atoms with E-state index in [1.807, 2.05) is 22.6 Å². The number of rotatable bonds is 2. The third-order valence-corrected chi connectivity index (χ3v) is 7.95. The molecule has 1 aromatic carbocycles. The van der Waals surface area contributed by atoms with Gasteiger partial charge in [-0.05, 0) is 54.2 Å². The molecular formula is C22H23IN2O8. The molecule has 0 heterocycles. The molecule has 7 N–H and O–H groups in total. The number of phenolic OH excluding ortho intramolecular Hbond substituents is 1. The number of benzene rings is 1. The van der Waals surface area contributed by atoms with E-state index in [0.717, 1.165) is 0 Å². The second-order valence-electron chi connectivity index (χ2n) is 8.91. The van der Waals surface area contributed by atoms with Crippen LogP contribution in [0.2, 0.25) is 0 Å². The minimum Gasteiger partial charge on any atom is -0.510 e. The summed E-state index contributed by atoms with van der Waals surface area (Å²) in [6.45, 7) is 1.68. The summed E-state index contributed by atoms with van der Waals surface area (Å²) in [7, 11) is 2.98. The molecule has 0 aromatic heterocycles. The van der Waals surface area contributed by atoms with Gasteiger partial charge in [0.05, 0.1) is 27.2 Å². The number of carbonyl (C=O) groups is 3. The molecule has 3 aliphatic carbocycles. The maximum atomic E-state index is 13.5. The van der Waals surface area contributed by atoms with Crippen molar-refractivity contribution < 1.29 is 39.9 Å². The molecule has 0 saturated heterocycles. The van der Waals surface area contributed by atoms with Crippen molar-refractivity contribution in [1.82, 2.24) is 4.90 Å². The lowest BCUT2D eigenvalue weighted by Gasteiger charge is -2.53. The van der Waals surface area contributed by atoms with Crippen molar-refractivity contribution in [1.29, 1.82) is 0 Å². The quantitative estimate of drug-likeness (QED) is 0.215. The molecule has 11 heteroatoms. The molecule has 33 heavy (non-hydrogen) atoms. The number of carbonyl (C=O) groups excluding carboxylic acids is 3. The fraction of sp³-hybridized carbons (Fsp3) is 0.409. The number of ketones is 2. The fourth-order valence-electron chi connectivity index (χ4n) is 5.60. The van der Waals surface area contributed by atoms with E-state index in [4.69, 9.17) is 5.73 Å². The molecule has 0 radical (unpaired) electrons. The van der Waals surface area contributed by atoms with Crippen LogP contribution in [0.1, 0.15) is 28.8 Å². The summed E-state index contributed by atoms with van der Waals surface area (Å²) >= 11 is 1.84. The molecule has 10 nitrogen and oxygen atoms in total. The van der Waals surface area contributed by atoms with E-state index in [2.05, 4.69) is 0 Å². The number of aliphatic hydroxyl groups is 4. The lowest BCUT2D eigenvalue weighted by molar-refractivity contribution is -0.162. The number of nitrogens with zero attached hydrogens (tertiary/aromatic N) is 1. The zero-order valence-corrected chi connectivity index (χ0v) is 20.1. The molecule has 3 aliphatic rings. The normalized spacial score (nSPS) is 33.7. The number of Topliss-reactive ketones (excluding diaryl/α,β-unsaturated/α-hetero) is 2. The Bertz CT molecular complexity index is 1190. The number of aliphatic hydroxyl groups excluding tert-OH is 3. The largest absolute Gasteiger partial charge is 0.510 e. The highest BCUT2D eigenvalue weighted by atomic mass is 127. The van der Waals surface area contributed by atoms with Gasteiger partial charge in [0.15, 0.2) is 11.4 Å². The van der Waals surface area contributed by atoms with Crippen molar-refractivity contribution in [3.8, 4) is 5.75 Å². The van der Waals surface area contributed by atoms with Gasteiger partial charge in [0.25, 0.3) is 5.91 Å². The lowest BCUT2D eigenvalue weighted by atomic mass is 9.55. The standard InChI is InChI=1S/C22H23IN2O8/c1-6-7-4-5-8(23)15(26)10(7)16(27)11-9(6)17(28)13-14(25(2)3)18(29)12(21(24)32)20(31)22(13,33)19(11)30/h4-6,9,13-14,17,26,28-30,33H,1-3H3,(H2,24,32)/t6-,9+,13+,14-,17+,22-/m1/s1. The van der Waals surface area contributed by atoms with Crippen LogP contribution in [-0.2, 0) is 9.59 Å². The third kappa shape index (κ3) is 2.85. The molecule has 1 amide bonds. The van der Waals surface area contributed by atoms with E-state index in [0.29, 0.717) is 9.13 Å². The molecule has 0 unspecified atom stereocenters. The number of phenols is 1. The third-order valence-electron chi connectivity index (χ3n) is 7.08. The van der Waals surface area contributed by atoms with Gasteiger partial charge in [-0.15, -0.1) is 0 Å². The summed E-state index contributed by atoms with van der Waals surface area (Å²) in [5, 5.41) is 55.5. The molecule has 0 aliphatic heterocycles. The SMILES string of the molecule is C[C@@H]1c2ccc(I)c(O)c2C(=O)C2=C(O)[C@@]3(O)C(=O)C(C(N)=O)=C(O)[C@H](N(C)C)[C@H]3[C@@H](O)[C@H]21. The number of hydrogen-bond donors (Lipinski definition) is 6. The van der Waals surface area contributed by atoms with E-state index in [1.165, 1.54) is 19.0 Å². The highest BCUT2D eigenvalue weighted by Crippen LogP contribution is 2.55. The zero-order valence-electron chi connectivity index (χ0n) is 17.9. The van der Waals surface area contributed by atoms with Gasteiger partial charge in [0.2, 0.25) is 5.78 Å². The predicted octanol–water partition coefficient (Wildman–Crippen LogP) is 0.257. The molecule has 0 fully saturated rings. The summed E-state index contributed by atoms with van der Waals surface area (Å²) in [4.78, 5) is 40.1. The number of halogens is 1. The number of fused-ring (bicyclic) bond motifs is 3. The van der Waals surface area contributed by atoms with Crippen LogP contribution < -0.4 is 5.73 Å². The molecule has 176 valence electrons. The average Bonchev–Trinajstić information content (AvgIpc) is 2.72. The highest BCUT2D eigenvalue weighted by molar-refractivity contribution is 14.1. The number of amides is 1. The molecule has 0 bridgehead atoms. The maximum Gasteiger partial charge on any atom is 0.255 e. The van der Waals surface area contributed by atoms with Crippen molar-refractivity contribution in [3.05, 3.63) is 49.5 Å². The van der Waals surface area contributed by atoms with Gasteiger partial charge in [0, 0.05) is 11.5 Å². The topological polar surface area (TPSA) is 182 Å². The highest BCUT2D eigenvalue weighted by Gasteiger charge is 2.67. The average molecular weight is 570 g/mol. The van der Waals surface area contributed by atoms with Crippen LogP contribution in [0.25, 0.3) is 0 Å². The van der Waals surface area contributed by atoms with E-state index in [-0.39, 0.29) is 11.3 Å². The lowest BCUT2D eigenvalue weighted by Crippen LogP contribution is -2.68. The van der Waals surface area contributed by atoms with Gasteiger partial charge in [-0.25, -0.2) is 0 Å². The molecular weight excluding hydrogens is 547 g/mol. The molecule has 4 rings (SSSR count). The summed E-state index contributed by atoms with van der Waals surface area (Å²) in [5.41, 5.74) is 1.38. The Labute approximate surface area is 202 Å². The van der Waals surface area contributed by atoms with Crippen molar-refractivity contribution in [2.45, 2.75) is 30.6 Å². The van der Waals surface area contributed by atoms with Gasteiger partial charge in [-0.2, -0.15) is 0 Å². The fourth-order valence-corrected chi connectivity index (χ4v) is 6.05. The Kier molecular flexibility index (Phi) is 5.39. The smallest absolute Gasteiger partial charge is 0.255 e. The van der Waals surface area contributed by atoms with E-state index >= 15 is 0 Å². The summed E-state index contributed by atoms with van der Waals surface area (Å²) in [6.07, 6.45) is -1.60. The van der Waals surface area contributed by atoms with E-state index in [9.17, 15) is 39.9 Å². The molecule has 6 atom stereocenters. The van der Waals surface area contributed by atoms with Crippen molar-refractivity contribution in [3.63, 3.8) is 0 Å². The minimum absolute atomic E-state index is 0.0950. The van der Waals surface area contributed by atoms with Gasteiger partial charge in [0.1, 0.15) is 22.8 Å². The zero-order chi connectivity index (χ0) is 24.7. The number of likely N-dealkylation sites (N-methyl/N-ethyl adjacent to an activating group) is 1. The Hall–Kier alpha value is -2.48. The van der Waals surface area contributed by atoms with Crippen LogP contribution >= 0.6 is 22.6 Å². The first-order chi connectivity index (χ1) is 15.3. The van der Waals surface area contributed by atoms with Crippen molar-refractivity contribution in [2.24, 2.45) is 17.6 Å². The van der Waals surface area contributed by atoms with Crippen LogP contribution in [0.4, 0.5) is 0 Å². The van der Waals surface area contributed by atoms with Crippen LogP contribution in [0.5, 0.6) is 5.75 Å². The van der Waals surface area contributed by atoms with Crippen molar-refractivity contribution >= 4 is 40.1 Å². The van der Waals surface area contributed by atoms with E-state index in [1.54, 1.807) is 19.1 Å². The summed E-state index contributed by atoms with van der Waals surface area (Å²) in [6, 6.07) is 1.97. The van der Waals surface area contributed by atoms with E-state index < -0.39 is 75.6 Å². The first-order valence-electron chi connectivity index (χ1n) is 10.1. The summed E-state index contributed by atoms with van der Waals surface area (Å²) < 4.78 is 0.378. The predicted molar refractivity (Wildman–Crippen MR) is 122 cm³/mol. The minimum atomic E-state index is -2.90. The molecule has 0 spiro atoms.